The third-order valence-electron chi connectivity index (χ3n) is 2.47. The average molecular weight is 200 g/mol. The quantitative estimate of drug-likeness (QED) is 0.660. The van der Waals surface area contributed by atoms with Gasteiger partial charge in [0.1, 0.15) is 0 Å². The Hall–Kier alpha value is -1.10. The summed E-state index contributed by atoms with van der Waals surface area (Å²) in [6.45, 7) is 3.95. The lowest BCUT2D eigenvalue weighted by molar-refractivity contribution is -0.142. The van der Waals surface area contributed by atoms with Gasteiger partial charge in [0.2, 0.25) is 5.91 Å². The highest BCUT2D eigenvalue weighted by Crippen LogP contribution is 2.24. The van der Waals surface area contributed by atoms with Crippen molar-refractivity contribution in [3.8, 4) is 0 Å². The Morgan fingerprint density at radius 3 is 2.64 bits per heavy atom. The number of nitrogens with zero attached hydrogens (tertiary/aromatic N) is 1. The molecule has 1 heterocycles. The van der Waals surface area contributed by atoms with Crippen LogP contribution in [0.4, 0.5) is 0 Å². The molecular formula is C9H16N2O3. The lowest BCUT2D eigenvalue weighted by Gasteiger charge is -2.34. The molecule has 1 unspecified atom stereocenters. The molecule has 0 saturated carbocycles. The maximum absolute atomic E-state index is 11.5. The summed E-state index contributed by atoms with van der Waals surface area (Å²) < 4.78 is 0. The van der Waals surface area contributed by atoms with Gasteiger partial charge in [-0.25, -0.2) is 0 Å². The summed E-state index contributed by atoms with van der Waals surface area (Å²) in [4.78, 5) is 23.6. The third-order valence-corrected chi connectivity index (χ3v) is 2.47. The van der Waals surface area contributed by atoms with Crippen molar-refractivity contribution in [2.24, 2.45) is 5.73 Å². The fraction of sp³-hybridized carbons (Fsp3) is 0.778. The zero-order valence-corrected chi connectivity index (χ0v) is 8.49. The molecule has 0 bridgehead atoms. The molecule has 1 saturated heterocycles. The van der Waals surface area contributed by atoms with Crippen LogP contribution in [-0.2, 0) is 9.59 Å². The minimum Gasteiger partial charge on any atom is -0.481 e. The van der Waals surface area contributed by atoms with Crippen LogP contribution in [0.1, 0.15) is 26.7 Å². The number of hydrogen-bond donors (Lipinski definition) is 2. The molecule has 1 amide bonds. The monoisotopic (exact) mass is 200 g/mol. The van der Waals surface area contributed by atoms with Crippen molar-refractivity contribution in [2.75, 3.05) is 6.54 Å². The first kappa shape index (κ1) is 11.0. The number of hydrogen-bond acceptors (Lipinski definition) is 3. The predicted octanol–water partition coefficient (Wildman–Crippen LogP) is -0.201. The molecule has 80 valence electrons. The Bertz CT molecular complexity index is 263. The number of amides is 1. The Labute approximate surface area is 82.9 Å². The van der Waals surface area contributed by atoms with Crippen LogP contribution in [0, 0.1) is 0 Å². The van der Waals surface area contributed by atoms with Gasteiger partial charge < -0.3 is 15.7 Å². The van der Waals surface area contributed by atoms with Gasteiger partial charge in [-0.2, -0.15) is 0 Å². The Morgan fingerprint density at radius 2 is 2.29 bits per heavy atom. The lowest BCUT2D eigenvalue weighted by atomic mass is 9.99. The van der Waals surface area contributed by atoms with E-state index in [4.69, 9.17) is 10.8 Å². The van der Waals surface area contributed by atoms with Gasteiger partial charge in [0.05, 0.1) is 6.42 Å². The summed E-state index contributed by atoms with van der Waals surface area (Å²) in [5.41, 5.74) is 4.99. The third kappa shape index (κ3) is 2.23. The number of nitrogens with two attached hydrogens (primary N) is 1. The van der Waals surface area contributed by atoms with Crippen LogP contribution in [0.2, 0.25) is 0 Å². The van der Waals surface area contributed by atoms with E-state index in [1.165, 1.54) is 0 Å². The molecule has 0 radical (unpaired) electrons. The normalized spacial score (nSPS) is 22.9. The van der Waals surface area contributed by atoms with E-state index in [2.05, 4.69) is 0 Å². The summed E-state index contributed by atoms with van der Waals surface area (Å²) in [5.74, 6) is -0.952. The highest BCUT2D eigenvalue weighted by Gasteiger charge is 2.38. The van der Waals surface area contributed by atoms with Gasteiger partial charge in [0.15, 0.2) is 0 Å². The van der Waals surface area contributed by atoms with E-state index in [0.29, 0.717) is 13.0 Å². The van der Waals surface area contributed by atoms with E-state index in [1.54, 1.807) is 18.7 Å². The lowest BCUT2D eigenvalue weighted by Crippen LogP contribution is -2.47. The second kappa shape index (κ2) is 3.57. The summed E-state index contributed by atoms with van der Waals surface area (Å²) in [6, 6.07) is -0.157. The number of carbonyl (C=O) groups excluding carboxylic acids is 1. The number of carboxylic acids is 1. The topological polar surface area (TPSA) is 83.6 Å². The van der Waals surface area contributed by atoms with E-state index in [9.17, 15) is 9.59 Å². The molecule has 5 nitrogen and oxygen atoms in total. The maximum Gasteiger partial charge on any atom is 0.305 e. The fourth-order valence-corrected chi connectivity index (χ4v) is 1.79. The molecule has 0 aromatic carbocycles. The minimum atomic E-state index is -0.900. The zero-order valence-electron chi connectivity index (χ0n) is 8.49. The molecule has 1 aliphatic heterocycles. The molecule has 5 heteroatoms. The minimum absolute atomic E-state index is 0.0501. The maximum atomic E-state index is 11.5. The van der Waals surface area contributed by atoms with Crippen molar-refractivity contribution in [1.29, 1.82) is 0 Å². The number of carboxylic acid groups (broad SMARTS) is 1. The number of carbonyl (C=O) groups is 2. The van der Waals surface area contributed by atoms with Gasteiger partial charge in [-0.1, -0.05) is 0 Å². The van der Waals surface area contributed by atoms with Crippen molar-refractivity contribution in [1.82, 2.24) is 4.90 Å². The van der Waals surface area contributed by atoms with Crippen LogP contribution in [0.25, 0.3) is 0 Å². The van der Waals surface area contributed by atoms with Crippen LogP contribution >= 0.6 is 0 Å². The van der Waals surface area contributed by atoms with Gasteiger partial charge in [0, 0.05) is 24.5 Å². The highest BCUT2D eigenvalue weighted by atomic mass is 16.4. The van der Waals surface area contributed by atoms with Crippen molar-refractivity contribution in [2.45, 2.75) is 38.3 Å². The van der Waals surface area contributed by atoms with Crippen molar-refractivity contribution >= 4 is 11.9 Å². The van der Waals surface area contributed by atoms with Crippen molar-refractivity contribution in [3.63, 3.8) is 0 Å². The molecule has 0 aromatic rings. The first-order valence-corrected chi connectivity index (χ1v) is 4.61. The van der Waals surface area contributed by atoms with Crippen LogP contribution < -0.4 is 5.73 Å². The van der Waals surface area contributed by atoms with E-state index in [0.717, 1.165) is 0 Å². The van der Waals surface area contributed by atoms with E-state index >= 15 is 0 Å². The average Bonchev–Trinajstić information content (AvgIpc) is 2.27. The first-order valence-electron chi connectivity index (χ1n) is 4.61. The standard InChI is InChI=1S/C9H16N2O3/c1-9(2,4-8(13)14)11-5-6(10)3-7(11)12/h6H,3-5,10H2,1-2H3,(H,13,14). The van der Waals surface area contributed by atoms with Gasteiger partial charge >= 0.3 is 5.97 Å². The van der Waals surface area contributed by atoms with Crippen LogP contribution in [0.15, 0.2) is 0 Å². The van der Waals surface area contributed by atoms with Gasteiger partial charge in [0.25, 0.3) is 0 Å². The number of rotatable bonds is 3. The SMILES string of the molecule is CC(C)(CC(=O)O)N1CC(N)CC1=O. The van der Waals surface area contributed by atoms with E-state index in [1.807, 2.05) is 0 Å². The Kier molecular flexibility index (Phi) is 2.80. The van der Waals surface area contributed by atoms with Crippen LogP contribution in [0.5, 0.6) is 0 Å². The van der Waals surface area contributed by atoms with Crippen molar-refractivity contribution in [3.05, 3.63) is 0 Å². The molecular weight excluding hydrogens is 184 g/mol. The smallest absolute Gasteiger partial charge is 0.305 e. The highest BCUT2D eigenvalue weighted by molar-refractivity contribution is 5.81. The van der Waals surface area contributed by atoms with E-state index < -0.39 is 11.5 Å². The summed E-state index contributed by atoms with van der Waals surface area (Å²) >= 11 is 0. The van der Waals surface area contributed by atoms with Crippen molar-refractivity contribution < 1.29 is 14.7 Å². The molecule has 1 atom stereocenters. The Morgan fingerprint density at radius 1 is 1.71 bits per heavy atom. The Balaban J connectivity index is 2.72. The van der Waals surface area contributed by atoms with Gasteiger partial charge in [-0.15, -0.1) is 0 Å². The van der Waals surface area contributed by atoms with Crippen LogP contribution in [-0.4, -0.2) is 40.0 Å². The second-order valence-corrected chi connectivity index (χ2v) is 4.35. The van der Waals surface area contributed by atoms with Gasteiger partial charge in [-0.05, 0) is 13.8 Å². The molecule has 0 aliphatic carbocycles. The summed E-state index contributed by atoms with van der Waals surface area (Å²) in [6.07, 6.45) is 0.272. The van der Waals surface area contributed by atoms with Crippen LogP contribution in [0.3, 0.4) is 0 Å². The second-order valence-electron chi connectivity index (χ2n) is 4.35. The predicted molar refractivity (Wildman–Crippen MR) is 50.6 cm³/mol. The molecule has 3 N–H and O–H groups in total. The number of aliphatic carboxylic acids is 1. The molecule has 1 aliphatic rings. The summed E-state index contributed by atoms with van der Waals surface area (Å²) in [5, 5.41) is 8.69. The molecule has 0 spiro atoms. The van der Waals surface area contributed by atoms with Gasteiger partial charge in [-0.3, -0.25) is 9.59 Å². The van der Waals surface area contributed by atoms with E-state index in [-0.39, 0.29) is 18.4 Å². The first-order chi connectivity index (χ1) is 6.33. The fourth-order valence-electron chi connectivity index (χ4n) is 1.79. The largest absolute Gasteiger partial charge is 0.481 e. The molecule has 1 rings (SSSR count). The zero-order chi connectivity index (χ0) is 10.9. The molecule has 0 aromatic heterocycles. The molecule has 14 heavy (non-hydrogen) atoms. The molecule has 1 fully saturated rings. The summed E-state index contributed by atoms with van der Waals surface area (Å²) in [7, 11) is 0. The number of likely N-dealkylation sites (tertiary alicyclic amines) is 1.